The molecule has 0 saturated heterocycles. The van der Waals surface area contributed by atoms with E-state index in [4.69, 9.17) is 4.98 Å². The summed E-state index contributed by atoms with van der Waals surface area (Å²) in [5, 5.41) is 0. The van der Waals surface area contributed by atoms with E-state index in [1.54, 1.807) is 6.07 Å². The highest BCUT2D eigenvalue weighted by Crippen LogP contribution is 2.39. The molecule has 1 aromatic heterocycles. The van der Waals surface area contributed by atoms with E-state index < -0.39 is 0 Å². The summed E-state index contributed by atoms with van der Waals surface area (Å²) in [5.74, 6) is 1.79. The molecule has 2 aromatic rings. The highest BCUT2D eigenvalue weighted by molar-refractivity contribution is 5.31. The van der Waals surface area contributed by atoms with Crippen molar-refractivity contribution in [2.75, 3.05) is 0 Å². The summed E-state index contributed by atoms with van der Waals surface area (Å²) in [7, 11) is 0. The van der Waals surface area contributed by atoms with Gasteiger partial charge in [-0.1, -0.05) is 24.3 Å². The van der Waals surface area contributed by atoms with Crippen molar-refractivity contribution in [2.24, 2.45) is 0 Å². The Hall–Kier alpha value is -1.90. The first-order valence-electron chi connectivity index (χ1n) is 7.47. The second-order valence-corrected chi connectivity index (χ2v) is 6.04. The Labute approximate surface area is 118 Å². The lowest BCUT2D eigenvalue weighted by Gasteiger charge is -2.24. The average Bonchev–Trinajstić information content (AvgIpc) is 3.31. The molecule has 3 nitrogen and oxygen atoms in total. The Morgan fingerprint density at radius 2 is 1.85 bits per heavy atom. The molecule has 1 heterocycles. The van der Waals surface area contributed by atoms with Crippen molar-refractivity contribution in [3.8, 4) is 0 Å². The van der Waals surface area contributed by atoms with Crippen LogP contribution in [-0.4, -0.2) is 9.97 Å². The molecule has 0 amide bonds. The quantitative estimate of drug-likeness (QED) is 0.908. The number of aromatic nitrogens is 2. The number of aromatic amines is 1. The van der Waals surface area contributed by atoms with Crippen LogP contribution >= 0.6 is 0 Å². The van der Waals surface area contributed by atoms with Crippen LogP contribution in [0.25, 0.3) is 0 Å². The molecule has 1 atom stereocenters. The fourth-order valence-electron chi connectivity index (χ4n) is 3.21. The number of nitrogens with one attached hydrogen (secondary N) is 1. The van der Waals surface area contributed by atoms with E-state index >= 15 is 0 Å². The van der Waals surface area contributed by atoms with E-state index in [9.17, 15) is 4.79 Å². The lowest BCUT2D eigenvalue weighted by atomic mass is 9.83. The maximum Gasteiger partial charge on any atom is 0.251 e. The molecule has 3 heteroatoms. The van der Waals surface area contributed by atoms with Crippen LogP contribution < -0.4 is 5.56 Å². The molecule has 20 heavy (non-hydrogen) atoms. The molecule has 2 aliphatic carbocycles. The number of aryl methyl sites for hydroxylation is 1. The van der Waals surface area contributed by atoms with Crippen molar-refractivity contribution < 1.29 is 0 Å². The van der Waals surface area contributed by atoms with Gasteiger partial charge in [-0.2, -0.15) is 0 Å². The molecule has 2 aliphatic rings. The molecule has 1 aromatic carbocycles. The largest absolute Gasteiger partial charge is 0.310 e. The van der Waals surface area contributed by atoms with Crippen LogP contribution in [0.4, 0.5) is 0 Å². The third kappa shape index (κ3) is 2.17. The van der Waals surface area contributed by atoms with Crippen LogP contribution in [0.2, 0.25) is 0 Å². The van der Waals surface area contributed by atoms with E-state index in [0.29, 0.717) is 11.8 Å². The van der Waals surface area contributed by atoms with Gasteiger partial charge in [-0.15, -0.1) is 0 Å². The van der Waals surface area contributed by atoms with Gasteiger partial charge in [0.2, 0.25) is 0 Å². The van der Waals surface area contributed by atoms with Gasteiger partial charge in [-0.3, -0.25) is 4.79 Å². The molecule has 102 valence electrons. The molecule has 1 N–H and O–H groups in total. The van der Waals surface area contributed by atoms with E-state index in [-0.39, 0.29) is 5.56 Å². The Kier molecular flexibility index (Phi) is 2.72. The molecular weight excluding hydrogens is 248 g/mol. The van der Waals surface area contributed by atoms with Gasteiger partial charge in [0.1, 0.15) is 5.82 Å². The highest BCUT2D eigenvalue weighted by atomic mass is 16.1. The highest BCUT2D eigenvalue weighted by Gasteiger charge is 2.28. The molecule has 0 aliphatic heterocycles. The smallest absolute Gasteiger partial charge is 0.251 e. The number of hydrogen-bond donors (Lipinski definition) is 1. The maximum atomic E-state index is 11.8. The predicted molar refractivity (Wildman–Crippen MR) is 78.0 cm³/mol. The van der Waals surface area contributed by atoms with Gasteiger partial charge < -0.3 is 4.98 Å². The topological polar surface area (TPSA) is 45.8 Å². The molecule has 0 bridgehead atoms. The van der Waals surface area contributed by atoms with Crippen LogP contribution in [0, 0.1) is 0 Å². The van der Waals surface area contributed by atoms with Gasteiger partial charge in [-0.05, 0) is 43.2 Å². The summed E-state index contributed by atoms with van der Waals surface area (Å²) in [6.45, 7) is 0. The summed E-state index contributed by atoms with van der Waals surface area (Å²) in [4.78, 5) is 19.5. The zero-order valence-corrected chi connectivity index (χ0v) is 11.4. The first-order valence-corrected chi connectivity index (χ1v) is 7.47. The van der Waals surface area contributed by atoms with E-state index in [1.807, 2.05) is 0 Å². The van der Waals surface area contributed by atoms with Crippen LogP contribution in [-0.2, 0) is 12.8 Å². The van der Waals surface area contributed by atoms with Crippen LogP contribution in [0.1, 0.15) is 53.7 Å². The summed E-state index contributed by atoms with van der Waals surface area (Å²) in [6, 6.07) is 10.3. The number of nitrogens with zero attached hydrogens (tertiary/aromatic N) is 1. The van der Waals surface area contributed by atoms with Gasteiger partial charge in [0.25, 0.3) is 5.56 Å². The third-order valence-electron chi connectivity index (χ3n) is 4.51. The number of rotatable bonds is 2. The van der Waals surface area contributed by atoms with E-state index in [1.165, 1.54) is 24.0 Å². The SMILES string of the molecule is O=c1cc(C2CC2)nc(C2CCc3ccccc3C2)[nH]1. The predicted octanol–water partition coefficient (Wildman–Crippen LogP) is 2.92. The molecule has 0 spiro atoms. The molecule has 1 fully saturated rings. The lowest BCUT2D eigenvalue weighted by molar-refractivity contribution is 0.550. The lowest BCUT2D eigenvalue weighted by Crippen LogP contribution is -2.20. The standard InChI is InChI=1S/C17H18N2O/c20-16-10-15(12-6-7-12)18-17(19-16)14-8-5-11-3-1-2-4-13(11)9-14/h1-4,10,12,14H,5-9H2,(H,18,19,20). The third-order valence-corrected chi connectivity index (χ3v) is 4.51. The molecular formula is C17H18N2O. The molecule has 1 saturated carbocycles. The Balaban J connectivity index is 1.67. The normalized spacial score (nSPS) is 21.5. The zero-order valence-electron chi connectivity index (χ0n) is 11.4. The van der Waals surface area contributed by atoms with Crippen LogP contribution in [0.3, 0.4) is 0 Å². The number of H-pyrrole nitrogens is 1. The van der Waals surface area contributed by atoms with Crippen LogP contribution in [0.15, 0.2) is 35.1 Å². The van der Waals surface area contributed by atoms with E-state index in [0.717, 1.165) is 30.8 Å². The second-order valence-electron chi connectivity index (χ2n) is 6.04. The fraction of sp³-hybridized carbons (Fsp3) is 0.412. The van der Waals surface area contributed by atoms with Crippen molar-refractivity contribution in [3.05, 3.63) is 63.3 Å². The van der Waals surface area contributed by atoms with Gasteiger partial charge in [-0.25, -0.2) is 4.98 Å². The zero-order chi connectivity index (χ0) is 13.5. The van der Waals surface area contributed by atoms with Gasteiger partial charge in [0.05, 0.1) is 5.69 Å². The van der Waals surface area contributed by atoms with Crippen LogP contribution in [0.5, 0.6) is 0 Å². The second kappa shape index (κ2) is 4.58. The summed E-state index contributed by atoms with van der Waals surface area (Å²) >= 11 is 0. The molecule has 0 radical (unpaired) electrons. The first-order chi connectivity index (χ1) is 9.79. The Morgan fingerprint density at radius 3 is 2.65 bits per heavy atom. The van der Waals surface area contributed by atoms with E-state index in [2.05, 4.69) is 29.2 Å². The maximum absolute atomic E-state index is 11.8. The first kappa shape index (κ1) is 11.9. The van der Waals surface area contributed by atoms with Crippen molar-refractivity contribution in [3.63, 3.8) is 0 Å². The van der Waals surface area contributed by atoms with Gasteiger partial charge >= 0.3 is 0 Å². The number of benzene rings is 1. The molecule has 4 rings (SSSR count). The minimum Gasteiger partial charge on any atom is -0.310 e. The number of hydrogen-bond acceptors (Lipinski definition) is 2. The van der Waals surface area contributed by atoms with Gasteiger partial charge in [0.15, 0.2) is 0 Å². The van der Waals surface area contributed by atoms with Crippen molar-refractivity contribution in [1.29, 1.82) is 0 Å². The van der Waals surface area contributed by atoms with Crippen molar-refractivity contribution in [2.45, 2.75) is 43.9 Å². The summed E-state index contributed by atoms with van der Waals surface area (Å²) < 4.78 is 0. The van der Waals surface area contributed by atoms with Crippen molar-refractivity contribution in [1.82, 2.24) is 9.97 Å². The molecule has 1 unspecified atom stereocenters. The summed E-state index contributed by atoms with van der Waals surface area (Å²) in [5.41, 5.74) is 3.87. The van der Waals surface area contributed by atoms with Crippen molar-refractivity contribution >= 4 is 0 Å². The Morgan fingerprint density at radius 1 is 1.05 bits per heavy atom. The monoisotopic (exact) mass is 266 g/mol. The minimum absolute atomic E-state index is 0.00996. The van der Waals surface area contributed by atoms with Gasteiger partial charge in [0, 0.05) is 17.9 Å². The average molecular weight is 266 g/mol. The number of fused-ring (bicyclic) bond motifs is 1. The summed E-state index contributed by atoms with van der Waals surface area (Å²) in [6.07, 6.45) is 5.52. The minimum atomic E-state index is 0.00996. The fourth-order valence-corrected chi connectivity index (χ4v) is 3.21. The Bertz CT molecular complexity index is 700.